The lowest BCUT2D eigenvalue weighted by Crippen LogP contribution is -2.08. The second-order valence-electron chi connectivity index (χ2n) is 6.57. The van der Waals surface area contributed by atoms with Gasteiger partial charge in [-0.05, 0) is 55.0 Å². The van der Waals surface area contributed by atoms with Gasteiger partial charge in [-0.1, -0.05) is 18.2 Å². The largest absolute Gasteiger partial charge is 0.493 e. The van der Waals surface area contributed by atoms with Gasteiger partial charge in [-0.25, -0.2) is 4.79 Å². The molecule has 1 aliphatic rings. The second-order valence-corrected chi connectivity index (χ2v) is 6.57. The van der Waals surface area contributed by atoms with Crippen molar-refractivity contribution < 1.29 is 14.3 Å². The molecule has 0 saturated heterocycles. The number of hydrogen-bond acceptors (Lipinski definition) is 4. The van der Waals surface area contributed by atoms with Crippen molar-refractivity contribution in [3.8, 4) is 5.75 Å². The summed E-state index contributed by atoms with van der Waals surface area (Å²) >= 11 is 0. The minimum Gasteiger partial charge on any atom is -0.493 e. The minimum atomic E-state index is -0.339. The lowest BCUT2D eigenvalue weighted by molar-refractivity contribution is 0.0474. The number of fused-ring (bicyclic) bond motifs is 1. The van der Waals surface area contributed by atoms with Crippen LogP contribution >= 0.6 is 0 Å². The van der Waals surface area contributed by atoms with Crippen LogP contribution in [-0.2, 0) is 11.3 Å². The van der Waals surface area contributed by atoms with E-state index in [0.29, 0.717) is 11.5 Å². The standard InChI is InChI=1S/C20H20N2O3/c1-13-5-8-18-17(10-21-22-18)19(13)20(23)25-12-15-3-2-4-16(9-15)24-11-14-6-7-14/h2-5,8-10,14H,6-7,11-12H2,1H3,(H,21,22). The Hall–Kier alpha value is -2.82. The van der Waals surface area contributed by atoms with Gasteiger partial charge in [-0.15, -0.1) is 0 Å². The molecule has 0 amide bonds. The summed E-state index contributed by atoms with van der Waals surface area (Å²) in [5, 5.41) is 7.67. The molecule has 1 heterocycles. The quantitative estimate of drug-likeness (QED) is 0.691. The second kappa shape index (κ2) is 6.59. The SMILES string of the molecule is Cc1ccc2[nH]ncc2c1C(=O)OCc1cccc(OCC2CC2)c1. The van der Waals surface area contributed by atoms with Gasteiger partial charge >= 0.3 is 5.97 Å². The molecule has 128 valence electrons. The van der Waals surface area contributed by atoms with E-state index in [1.807, 2.05) is 43.3 Å². The summed E-state index contributed by atoms with van der Waals surface area (Å²) in [6.45, 7) is 2.88. The first kappa shape index (κ1) is 15.7. The van der Waals surface area contributed by atoms with E-state index in [4.69, 9.17) is 9.47 Å². The van der Waals surface area contributed by atoms with Gasteiger partial charge in [0, 0.05) is 5.39 Å². The van der Waals surface area contributed by atoms with Gasteiger partial charge in [-0.2, -0.15) is 5.10 Å². The van der Waals surface area contributed by atoms with E-state index >= 15 is 0 Å². The van der Waals surface area contributed by atoms with Crippen molar-refractivity contribution >= 4 is 16.9 Å². The number of carbonyl (C=O) groups excluding carboxylic acids is 1. The topological polar surface area (TPSA) is 64.2 Å². The fraction of sp³-hybridized carbons (Fsp3) is 0.300. The highest BCUT2D eigenvalue weighted by atomic mass is 16.5. The highest BCUT2D eigenvalue weighted by Gasteiger charge is 2.22. The minimum absolute atomic E-state index is 0.215. The maximum absolute atomic E-state index is 12.6. The van der Waals surface area contributed by atoms with Crippen LogP contribution in [-0.4, -0.2) is 22.8 Å². The zero-order valence-corrected chi connectivity index (χ0v) is 14.1. The maximum atomic E-state index is 12.6. The molecule has 25 heavy (non-hydrogen) atoms. The molecule has 2 aromatic carbocycles. The van der Waals surface area contributed by atoms with Gasteiger partial charge in [0.1, 0.15) is 12.4 Å². The molecule has 0 atom stereocenters. The third-order valence-electron chi connectivity index (χ3n) is 4.49. The number of hydrogen-bond donors (Lipinski definition) is 1. The van der Waals surface area contributed by atoms with Crippen LogP contribution in [0.3, 0.4) is 0 Å². The van der Waals surface area contributed by atoms with E-state index in [9.17, 15) is 4.79 Å². The molecule has 4 rings (SSSR count). The summed E-state index contributed by atoms with van der Waals surface area (Å²) in [6, 6.07) is 11.5. The van der Waals surface area contributed by atoms with Gasteiger partial charge in [0.05, 0.1) is 23.9 Å². The van der Waals surface area contributed by atoms with Gasteiger partial charge < -0.3 is 9.47 Å². The van der Waals surface area contributed by atoms with E-state index in [0.717, 1.165) is 34.4 Å². The van der Waals surface area contributed by atoms with Gasteiger partial charge in [0.25, 0.3) is 0 Å². The average molecular weight is 336 g/mol. The Bertz CT molecular complexity index is 912. The van der Waals surface area contributed by atoms with Gasteiger partial charge in [-0.3, -0.25) is 5.10 Å². The van der Waals surface area contributed by atoms with Crippen molar-refractivity contribution in [2.45, 2.75) is 26.4 Å². The van der Waals surface area contributed by atoms with Crippen molar-refractivity contribution in [3.05, 3.63) is 59.3 Å². The van der Waals surface area contributed by atoms with Crippen LogP contribution in [0.15, 0.2) is 42.6 Å². The molecule has 1 fully saturated rings. The molecule has 0 spiro atoms. The molecule has 0 bridgehead atoms. The summed E-state index contributed by atoms with van der Waals surface area (Å²) in [4.78, 5) is 12.6. The zero-order valence-electron chi connectivity index (χ0n) is 14.1. The van der Waals surface area contributed by atoms with Gasteiger partial charge in [0.15, 0.2) is 0 Å². The van der Waals surface area contributed by atoms with Crippen LogP contribution in [0.5, 0.6) is 5.75 Å². The first-order valence-electron chi connectivity index (χ1n) is 8.52. The monoisotopic (exact) mass is 336 g/mol. The van der Waals surface area contributed by atoms with Crippen molar-refractivity contribution in [1.29, 1.82) is 0 Å². The third-order valence-corrected chi connectivity index (χ3v) is 4.49. The van der Waals surface area contributed by atoms with Crippen LogP contribution in [0.25, 0.3) is 10.9 Å². The maximum Gasteiger partial charge on any atom is 0.339 e. The Kier molecular flexibility index (Phi) is 4.14. The van der Waals surface area contributed by atoms with Crippen molar-refractivity contribution in [3.63, 3.8) is 0 Å². The molecular formula is C20H20N2O3. The van der Waals surface area contributed by atoms with Crippen LogP contribution in [0.4, 0.5) is 0 Å². The number of aromatic nitrogens is 2. The van der Waals surface area contributed by atoms with E-state index in [1.165, 1.54) is 12.8 Å². The molecule has 0 radical (unpaired) electrons. The van der Waals surface area contributed by atoms with Crippen LogP contribution in [0, 0.1) is 12.8 Å². The van der Waals surface area contributed by atoms with E-state index in [1.54, 1.807) is 6.20 Å². The number of esters is 1. The third kappa shape index (κ3) is 3.50. The number of aromatic amines is 1. The van der Waals surface area contributed by atoms with E-state index in [-0.39, 0.29) is 12.6 Å². The van der Waals surface area contributed by atoms with Gasteiger partial charge in [0.2, 0.25) is 0 Å². The number of nitrogens with one attached hydrogen (secondary N) is 1. The number of nitrogens with zero attached hydrogens (tertiary/aromatic N) is 1. The fourth-order valence-electron chi connectivity index (χ4n) is 2.84. The Morgan fingerprint density at radius 1 is 1.28 bits per heavy atom. The molecule has 1 saturated carbocycles. The highest BCUT2D eigenvalue weighted by Crippen LogP contribution is 2.29. The number of carbonyl (C=O) groups is 1. The Morgan fingerprint density at radius 3 is 3.00 bits per heavy atom. The number of ether oxygens (including phenoxy) is 2. The smallest absolute Gasteiger partial charge is 0.339 e. The molecule has 3 aromatic rings. The molecule has 1 N–H and O–H groups in total. The van der Waals surface area contributed by atoms with Crippen molar-refractivity contribution in [1.82, 2.24) is 10.2 Å². The predicted molar refractivity (Wildman–Crippen MR) is 94.6 cm³/mol. The fourth-order valence-corrected chi connectivity index (χ4v) is 2.84. The summed E-state index contributed by atoms with van der Waals surface area (Å²) in [5.74, 6) is 1.20. The Labute approximate surface area is 146 Å². The molecular weight excluding hydrogens is 316 g/mol. The summed E-state index contributed by atoms with van der Waals surface area (Å²) in [5.41, 5.74) is 3.18. The summed E-state index contributed by atoms with van der Waals surface area (Å²) in [6.07, 6.45) is 4.18. The molecule has 5 nitrogen and oxygen atoms in total. The molecule has 1 aromatic heterocycles. The van der Waals surface area contributed by atoms with Crippen LogP contribution in [0.2, 0.25) is 0 Å². The molecule has 1 aliphatic carbocycles. The lowest BCUT2D eigenvalue weighted by Gasteiger charge is -2.10. The molecule has 5 heteroatoms. The number of benzene rings is 2. The molecule has 0 aliphatic heterocycles. The van der Waals surface area contributed by atoms with Crippen molar-refractivity contribution in [2.24, 2.45) is 5.92 Å². The first-order chi connectivity index (χ1) is 12.2. The number of H-pyrrole nitrogens is 1. The van der Waals surface area contributed by atoms with Crippen molar-refractivity contribution in [2.75, 3.05) is 6.61 Å². The zero-order chi connectivity index (χ0) is 17.2. The highest BCUT2D eigenvalue weighted by molar-refractivity contribution is 6.04. The lowest BCUT2D eigenvalue weighted by atomic mass is 10.0. The summed E-state index contributed by atoms with van der Waals surface area (Å²) < 4.78 is 11.3. The first-order valence-corrected chi connectivity index (χ1v) is 8.52. The summed E-state index contributed by atoms with van der Waals surface area (Å²) in [7, 11) is 0. The Balaban J connectivity index is 1.45. The average Bonchev–Trinajstić information content (AvgIpc) is 3.34. The normalized spacial score (nSPS) is 13.8. The van der Waals surface area contributed by atoms with Crippen LogP contribution in [0.1, 0.15) is 34.3 Å². The molecule has 0 unspecified atom stereocenters. The number of rotatable bonds is 6. The van der Waals surface area contributed by atoms with Crippen LogP contribution < -0.4 is 4.74 Å². The Morgan fingerprint density at radius 2 is 2.16 bits per heavy atom. The van der Waals surface area contributed by atoms with E-state index in [2.05, 4.69) is 10.2 Å². The number of aryl methyl sites for hydroxylation is 1. The van der Waals surface area contributed by atoms with E-state index < -0.39 is 0 Å². The predicted octanol–water partition coefficient (Wildman–Crippen LogP) is 4.02.